The van der Waals surface area contributed by atoms with Crippen LogP contribution in [0.25, 0.3) is 0 Å². The minimum absolute atomic E-state index is 0.0841. The largest absolute Gasteiger partial charge is 0.462 e. The smallest absolute Gasteiger partial charge is 0.306 e. The van der Waals surface area contributed by atoms with Gasteiger partial charge in [-0.2, -0.15) is 0 Å². The normalized spacial score (nSPS) is 40.0. The maximum Gasteiger partial charge on any atom is 0.306 e. The van der Waals surface area contributed by atoms with Gasteiger partial charge in [0, 0.05) is 12.3 Å². The van der Waals surface area contributed by atoms with Gasteiger partial charge in [0.15, 0.2) is 0 Å². The second kappa shape index (κ2) is 15.4. The van der Waals surface area contributed by atoms with Crippen LogP contribution in [0.3, 0.4) is 0 Å². The van der Waals surface area contributed by atoms with Crippen LogP contribution >= 0.6 is 0 Å². The summed E-state index contributed by atoms with van der Waals surface area (Å²) < 4.78 is 6.57. The Bertz CT molecular complexity index is 1100. The van der Waals surface area contributed by atoms with Gasteiger partial charge in [-0.1, -0.05) is 157 Å². The molecule has 9 atom stereocenters. The topological polar surface area (TPSA) is 26.3 Å². The third-order valence-corrected chi connectivity index (χ3v) is 16.7. The van der Waals surface area contributed by atoms with Gasteiger partial charge in [-0.05, 0) is 109 Å². The fourth-order valence-electron chi connectivity index (χ4n) is 14.0. The second-order valence-electron chi connectivity index (χ2n) is 20.2. The molecule has 5 aliphatic rings. The Labute approximate surface area is 299 Å². The van der Waals surface area contributed by atoms with Gasteiger partial charge in [0.25, 0.3) is 0 Å². The summed E-state index contributed by atoms with van der Waals surface area (Å²) in [5.41, 5.74) is 3.58. The van der Waals surface area contributed by atoms with E-state index in [1.165, 1.54) is 128 Å². The molecule has 0 bridgehead atoms. The molecule has 5 rings (SSSR count). The summed E-state index contributed by atoms with van der Waals surface area (Å²) in [4.78, 5) is 13.4. The number of unbranched alkanes of at least 4 members (excludes halogenated alkanes) is 12. The standard InChI is InChI=1S/C46H80O2/c1-10-11-12-13-14-15-16-17-18-19-20-21-22-24-40(47)48-37-33-39-44(7,41(37)34(2)3)31-32-45(8)36-25-26-38-42(4,5)28-23-29-43(38,6)35(36)27-30-46(39,45)9/h27,34,36-39,41H,10-26,28-33H2,1-9H3. The van der Waals surface area contributed by atoms with Gasteiger partial charge in [0.2, 0.25) is 0 Å². The van der Waals surface area contributed by atoms with Crippen molar-refractivity contribution < 1.29 is 9.53 Å². The lowest BCUT2D eigenvalue weighted by Crippen LogP contribution is -2.61. The van der Waals surface area contributed by atoms with Crippen LogP contribution in [0.1, 0.15) is 210 Å². The van der Waals surface area contributed by atoms with Crippen molar-refractivity contribution >= 4 is 5.97 Å². The summed E-state index contributed by atoms with van der Waals surface area (Å²) in [6.07, 6.45) is 32.8. The van der Waals surface area contributed by atoms with Gasteiger partial charge in [0.05, 0.1) is 0 Å². The zero-order valence-electron chi connectivity index (χ0n) is 33.6. The monoisotopic (exact) mass is 665 g/mol. The molecule has 0 aliphatic heterocycles. The highest BCUT2D eigenvalue weighted by atomic mass is 16.5. The van der Waals surface area contributed by atoms with E-state index in [1.54, 1.807) is 0 Å². The highest BCUT2D eigenvalue weighted by Gasteiger charge is 2.70. The molecule has 2 nitrogen and oxygen atoms in total. The van der Waals surface area contributed by atoms with E-state index in [0.717, 1.165) is 24.7 Å². The molecule has 5 aliphatic carbocycles. The Morgan fingerprint density at radius 1 is 0.750 bits per heavy atom. The predicted molar refractivity (Wildman–Crippen MR) is 205 cm³/mol. The average molecular weight is 665 g/mol. The van der Waals surface area contributed by atoms with Gasteiger partial charge in [-0.25, -0.2) is 0 Å². The van der Waals surface area contributed by atoms with Crippen LogP contribution in [0.15, 0.2) is 11.6 Å². The number of allylic oxidation sites excluding steroid dienone is 2. The highest BCUT2D eigenvalue weighted by molar-refractivity contribution is 5.69. The number of hydrogen-bond donors (Lipinski definition) is 0. The molecular formula is C46H80O2. The van der Waals surface area contributed by atoms with Crippen molar-refractivity contribution in [1.29, 1.82) is 0 Å². The SMILES string of the molecule is CCCCCCCCCCCCCCCC(=O)OC1CC2C(C)(CCC3(C)C4CCC5C(C)(C)CCCC5(C)C4=CCC23C)C1C(C)C. The Balaban J connectivity index is 1.16. The van der Waals surface area contributed by atoms with E-state index in [0.29, 0.717) is 40.4 Å². The zero-order valence-corrected chi connectivity index (χ0v) is 33.6. The third kappa shape index (κ3) is 7.14. The lowest BCUT2D eigenvalue weighted by molar-refractivity contribution is -0.159. The Morgan fingerprint density at radius 2 is 1.35 bits per heavy atom. The van der Waals surface area contributed by atoms with Crippen molar-refractivity contribution in [2.24, 2.45) is 56.7 Å². The van der Waals surface area contributed by atoms with Gasteiger partial charge in [0.1, 0.15) is 6.10 Å². The van der Waals surface area contributed by atoms with Gasteiger partial charge >= 0.3 is 5.97 Å². The lowest BCUT2D eigenvalue weighted by atomic mass is 9.36. The molecule has 0 N–H and O–H groups in total. The quantitative estimate of drug-likeness (QED) is 0.0932. The van der Waals surface area contributed by atoms with Gasteiger partial charge in [-0.15, -0.1) is 0 Å². The Hall–Kier alpha value is -0.790. The number of hydrogen-bond acceptors (Lipinski definition) is 2. The molecule has 276 valence electrons. The Kier molecular flexibility index (Phi) is 12.4. The van der Waals surface area contributed by atoms with Crippen LogP contribution in [-0.4, -0.2) is 12.1 Å². The van der Waals surface area contributed by atoms with E-state index in [9.17, 15) is 4.79 Å². The number of carbonyl (C=O) groups is 1. The van der Waals surface area contributed by atoms with E-state index in [1.807, 2.05) is 5.57 Å². The number of rotatable bonds is 16. The van der Waals surface area contributed by atoms with E-state index in [-0.39, 0.29) is 22.9 Å². The third-order valence-electron chi connectivity index (χ3n) is 16.7. The fourth-order valence-corrected chi connectivity index (χ4v) is 14.0. The van der Waals surface area contributed by atoms with Crippen molar-refractivity contribution in [3.63, 3.8) is 0 Å². The first-order valence-electron chi connectivity index (χ1n) is 21.6. The van der Waals surface area contributed by atoms with Crippen LogP contribution in [0.4, 0.5) is 0 Å². The van der Waals surface area contributed by atoms with Gasteiger partial charge in [-0.3, -0.25) is 4.79 Å². The van der Waals surface area contributed by atoms with E-state index < -0.39 is 0 Å². The number of carbonyl (C=O) groups excluding carboxylic acids is 1. The summed E-state index contributed by atoms with van der Waals surface area (Å²) in [6, 6.07) is 0. The molecule has 0 aromatic heterocycles. The Morgan fingerprint density at radius 3 is 1.96 bits per heavy atom. The molecule has 0 saturated heterocycles. The van der Waals surface area contributed by atoms with Crippen molar-refractivity contribution in [3.05, 3.63) is 11.6 Å². The summed E-state index contributed by atoms with van der Waals surface area (Å²) >= 11 is 0. The molecule has 48 heavy (non-hydrogen) atoms. The van der Waals surface area contributed by atoms with Crippen molar-refractivity contribution in [2.45, 2.75) is 216 Å². The molecule has 0 amide bonds. The average Bonchev–Trinajstić information content (AvgIpc) is 3.32. The molecule has 0 spiro atoms. The molecule has 0 aromatic carbocycles. The highest BCUT2D eigenvalue weighted by Crippen LogP contribution is 2.76. The van der Waals surface area contributed by atoms with Crippen molar-refractivity contribution in [2.75, 3.05) is 0 Å². The maximum atomic E-state index is 13.4. The predicted octanol–water partition coefficient (Wildman–Crippen LogP) is 14.1. The fraction of sp³-hybridized carbons (Fsp3) is 0.935. The molecule has 2 heteroatoms. The lowest BCUT2D eigenvalue weighted by Gasteiger charge is -2.69. The van der Waals surface area contributed by atoms with Crippen molar-refractivity contribution in [3.8, 4) is 0 Å². The molecule has 4 saturated carbocycles. The van der Waals surface area contributed by atoms with E-state index in [2.05, 4.69) is 68.4 Å². The number of esters is 1. The maximum absolute atomic E-state index is 13.4. The molecular weight excluding hydrogens is 585 g/mol. The van der Waals surface area contributed by atoms with Crippen LogP contribution < -0.4 is 0 Å². The van der Waals surface area contributed by atoms with Crippen LogP contribution in [0.2, 0.25) is 0 Å². The molecule has 0 heterocycles. The molecule has 0 aromatic rings. The van der Waals surface area contributed by atoms with Crippen LogP contribution in [0.5, 0.6) is 0 Å². The second-order valence-corrected chi connectivity index (χ2v) is 20.2. The van der Waals surface area contributed by atoms with E-state index >= 15 is 0 Å². The first kappa shape index (κ1) is 38.4. The number of fused-ring (bicyclic) bond motifs is 7. The number of ether oxygens (including phenoxy) is 1. The van der Waals surface area contributed by atoms with Crippen LogP contribution in [-0.2, 0) is 9.53 Å². The van der Waals surface area contributed by atoms with Gasteiger partial charge < -0.3 is 4.74 Å². The van der Waals surface area contributed by atoms with Crippen molar-refractivity contribution in [1.82, 2.24) is 0 Å². The zero-order chi connectivity index (χ0) is 34.8. The summed E-state index contributed by atoms with van der Waals surface area (Å²) in [5, 5.41) is 0. The van der Waals surface area contributed by atoms with E-state index in [4.69, 9.17) is 4.74 Å². The van der Waals surface area contributed by atoms with Crippen LogP contribution in [0, 0.1) is 56.7 Å². The summed E-state index contributed by atoms with van der Waals surface area (Å²) in [5.74, 6) is 3.27. The first-order valence-corrected chi connectivity index (χ1v) is 21.6. The molecule has 4 fully saturated rings. The first-order chi connectivity index (χ1) is 22.7. The summed E-state index contributed by atoms with van der Waals surface area (Å²) in [7, 11) is 0. The minimum atomic E-state index is 0.0841. The minimum Gasteiger partial charge on any atom is -0.462 e. The summed E-state index contributed by atoms with van der Waals surface area (Å²) in [6.45, 7) is 23.0. The molecule has 0 radical (unpaired) electrons. The molecule has 9 unspecified atom stereocenters.